The molecule has 6 heteroatoms. The van der Waals surface area contributed by atoms with Crippen molar-refractivity contribution in [2.75, 3.05) is 7.05 Å². The lowest BCUT2D eigenvalue weighted by Gasteiger charge is -2.10. The number of guanidine groups is 1. The number of hydrogen-bond donors (Lipinski definition) is 2. The van der Waals surface area contributed by atoms with Gasteiger partial charge in [0.25, 0.3) is 0 Å². The van der Waals surface area contributed by atoms with Crippen molar-refractivity contribution < 1.29 is 13.2 Å². The number of halogens is 2. The van der Waals surface area contributed by atoms with Gasteiger partial charge >= 0.3 is 0 Å². The molecule has 2 rings (SSSR count). The minimum Gasteiger partial charge on any atom is -0.467 e. The Hall–Kier alpha value is -1.59. The van der Waals surface area contributed by atoms with Crippen LogP contribution in [0.1, 0.15) is 12.2 Å². The largest absolute Gasteiger partial charge is 0.467 e. The normalized spacial score (nSPS) is 23.9. The Balaban J connectivity index is 1.75. The Kier molecular flexibility index (Phi) is 3.61. The quantitative estimate of drug-likeness (QED) is 0.623. The summed E-state index contributed by atoms with van der Waals surface area (Å²) in [4.78, 5) is 3.97. The van der Waals surface area contributed by atoms with Crippen LogP contribution in [0.15, 0.2) is 27.8 Å². The van der Waals surface area contributed by atoms with Crippen molar-refractivity contribution in [1.29, 1.82) is 0 Å². The number of hydrogen-bond acceptors (Lipinski definition) is 2. The van der Waals surface area contributed by atoms with Gasteiger partial charge in [0.15, 0.2) is 5.96 Å². The molecule has 1 aliphatic carbocycles. The summed E-state index contributed by atoms with van der Waals surface area (Å²) in [6, 6.07) is 3.46. The summed E-state index contributed by atoms with van der Waals surface area (Å²) in [7, 11) is 1.61. The second-order valence-corrected chi connectivity index (χ2v) is 3.99. The van der Waals surface area contributed by atoms with Gasteiger partial charge in [-0.2, -0.15) is 0 Å². The zero-order chi connectivity index (χ0) is 12.3. The average Bonchev–Trinajstić information content (AvgIpc) is 2.89. The van der Waals surface area contributed by atoms with Crippen molar-refractivity contribution in [3.8, 4) is 0 Å². The van der Waals surface area contributed by atoms with Gasteiger partial charge in [-0.15, -0.1) is 0 Å². The third kappa shape index (κ3) is 3.18. The lowest BCUT2D eigenvalue weighted by Crippen LogP contribution is -2.39. The molecule has 1 fully saturated rings. The summed E-state index contributed by atoms with van der Waals surface area (Å²) < 4.78 is 29.8. The molecule has 2 atom stereocenters. The van der Waals surface area contributed by atoms with Crippen molar-refractivity contribution in [3.05, 3.63) is 24.2 Å². The highest BCUT2D eigenvalue weighted by atomic mass is 19.3. The van der Waals surface area contributed by atoms with Crippen molar-refractivity contribution >= 4 is 5.96 Å². The van der Waals surface area contributed by atoms with E-state index in [1.807, 2.05) is 6.07 Å². The first-order chi connectivity index (χ1) is 8.20. The number of rotatable bonds is 4. The van der Waals surface area contributed by atoms with Crippen LogP contribution in [-0.2, 0) is 6.54 Å². The second-order valence-electron chi connectivity index (χ2n) is 3.99. The van der Waals surface area contributed by atoms with E-state index >= 15 is 0 Å². The highest BCUT2D eigenvalue weighted by Gasteiger charge is 2.44. The Morgan fingerprint density at radius 2 is 2.47 bits per heavy atom. The van der Waals surface area contributed by atoms with Crippen molar-refractivity contribution in [2.24, 2.45) is 10.9 Å². The van der Waals surface area contributed by atoms with E-state index in [2.05, 4.69) is 15.6 Å². The molecule has 2 N–H and O–H groups in total. The van der Waals surface area contributed by atoms with Crippen molar-refractivity contribution in [1.82, 2.24) is 10.6 Å². The molecule has 1 aromatic rings. The van der Waals surface area contributed by atoms with Crippen LogP contribution in [0.4, 0.5) is 8.78 Å². The van der Waals surface area contributed by atoms with Gasteiger partial charge in [-0.3, -0.25) is 4.99 Å². The molecule has 94 valence electrons. The van der Waals surface area contributed by atoms with E-state index in [1.54, 1.807) is 19.4 Å². The zero-order valence-electron chi connectivity index (χ0n) is 9.49. The molecule has 17 heavy (non-hydrogen) atoms. The van der Waals surface area contributed by atoms with E-state index < -0.39 is 12.3 Å². The van der Waals surface area contributed by atoms with Gasteiger partial charge in [-0.25, -0.2) is 8.78 Å². The van der Waals surface area contributed by atoms with E-state index in [0.717, 1.165) is 5.76 Å². The van der Waals surface area contributed by atoms with Crippen molar-refractivity contribution in [3.63, 3.8) is 0 Å². The predicted molar refractivity (Wildman–Crippen MR) is 59.9 cm³/mol. The summed E-state index contributed by atoms with van der Waals surface area (Å²) in [5.41, 5.74) is 0. The first kappa shape index (κ1) is 11.9. The van der Waals surface area contributed by atoms with E-state index in [0.29, 0.717) is 18.9 Å². The summed E-state index contributed by atoms with van der Waals surface area (Å²) in [6.07, 6.45) is -0.171. The van der Waals surface area contributed by atoms with Crippen LogP contribution in [0.25, 0.3) is 0 Å². The molecule has 0 spiro atoms. The smallest absolute Gasteiger partial charge is 0.243 e. The van der Waals surface area contributed by atoms with Gasteiger partial charge in [0, 0.05) is 19.0 Å². The monoisotopic (exact) mass is 243 g/mol. The number of nitrogens with zero attached hydrogens (tertiary/aromatic N) is 1. The van der Waals surface area contributed by atoms with Crippen molar-refractivity contribution in [2.45, 2.75) is 25.4 Å². The third-order valence-electron chi connectivity index (χ3n) is 2.72. The maximum Gasteiger partial charge on any atom is 0.243 e. The van der Waals surface area contributed by atoms with Crippen LogP contribution in [0, 0.1) is 5.92 Å². The molecule has 1 aromatic heterocycles. The average molecular weight is 243 g/mol. The highest BCUT2D eigenvalue weighted by molar-refractivity contribution is 5.80. The van der Waals surface area contributed by atoms with Crippen LogP contribution in [0.3, 0.4) is 0 Å². The number of furan rings is 1. The molecule has 1 saturated carbocycles. The molecule has 4 nitrogen and oxygen atoms in total. The standard InChI is InChI=1S/C11H15F2N3O/c1-14-11(15-6-7-3-2-4-17-7)16-9-5-8(9)10(12)13/h2-4,8-10H,5-6H2,1H3,(H2,14,15,16)/t8-,9-/m0/s1. The fourth-order valence-electron chi connectivity index (χ4n) is 1.61. The first-order valence-corrected chi connectivity index (χ1v) is 5.48. The van der Waals surface area contributed by atoms with Gasteiger partial charge in [0.1, 0.15) is 5.76 Å². The van der Waals surface area contributed by atoms with Crippen LogP contribution >= 0.6 is 0 Å². The fourth-order valence-corrected chi connectivity index (χ4v) is 1.61. The Bertz CT molecular complexity index is 378. The maximum atomic E-state index is 12.3. The Morgan fingerprint density at radius 1 is 1.65 bits per heavy atom. The molecule has 0 aliphatic heterocycles. The molecule has 1 aliphatic rings. The lowest BCUT2D eigenvalue weighted by atomic mass is 10.4. The minimum absolute atomic E-state index is 0.169. The van der Waals surface area contributed by atoms with Crippen LogP contribution in [-0.4, -0.2) is 25.5 Å². The number of aliphatic imine (C=N–C) groups is 1. The zero-order valence-corrected chi connectivity index (χ0v) is 9.49. The van der Waals surface area contributed by atoms with Crippen LogP contribution < -0.4 is 10.6 Å². The molecule has 0 saturated heterocycles. The molecule has 0 bridgehead atoms. The third-order valence-corrected chi connectivity index (χ3v) is 2.72. The summed E-state index contributed by atoms with van der Waals surface area (Å²) in [5, 5.41) is 5.95. The lowest BCUT2D eigenvalue weighted by molar-refractivity contribution is 0.119. The molecular formula is C11H15F2N3O. The fraction of sp³-hybridized carbons (Fsp3) is 0.545. The van der Waals surface area contributed by atoms with E-state index in [-0.39, 0.29) is 6.04 Å². The first-order valence-electron chi connectivity index (χ1n) is 5.48. The SMILES string of the molecule is CN=C(NCc1ccco1)N[C@H]1C[C@@H]1C(F)F. The number of nitrogens with one attached hydrogen (secondary N) is 2. The van der Waals surface area contributed by atoms with Gasteiger partial charge in [-0.1, -0.05) is 0 Å². The molecule has 0 amide bonds. The molecular weight excluding hydrogens is 228 g/mol. The Labute approximate surface area is 98.1 Å². The molecule has 0 aromatic carbocycles. The minimum atomic E-state index is -2.25. The van der Waals surface area contributed by atoms with E-state index in [1.165, 1.54) is 0 Å². The van der Waals surface area contributed by atoms with Gasteiger partial charge in [0.2, 0.25) is 6.43 Å². The Morgan fingerprint density at radius 3 is 3.00 bits per heavy atom. The maximum absolute atomic E-state index is 12.3. The van der Waals surface area contributed by atoms with E-state index in [9.17, 15) is 8.78 Å². The highest BCUT2D eigenvalue weighted by Crippen LogP contribution is 2.35. The van der Waals surface area contributed by atoms with Crippen LogP contribution in [0.5, 0.6) is 0 Å². The van der Waals surface area contributed by atoms with E-state index in [4.69, 9.17) is 4.42 Å². The topological polar surface area (TPSA) is 49.6 Å². The summed E-state index contributed by atoms with van der Waals surface area (Å²) in [6.45, 7) is 0.485. The van der Waals surface area contributed by atoms with Gasteiger partial charge in [-0.05, 0) is 18.6 Å². The predicted octanol–water partition coefficient (Wildman–Crippen LogP) is 1.60. The van der Waals surface area contributed by atoms with Gasteiger partial charge < -0.3 is 15.1 Å². The second kappa shape index (κ2) is 5.16. The van der Waals surface area contributed by atoms with Crippen LogP contribution in [0.2, 0.25) is 0 Å². The van der Waals surface area contributed by atoms with Gasteiger partial charge in [0.05, 0.1) is 12.8 Å². The summed E-state index contributed by atoms with van der Waals surface area (Å²) in [5.74, 6) is 0.751. The summed E-state index contributed by atoms with van der Waals surface area (Å²) >= 11 is 0. The molecule has 0 radical (unpaired) electrons. The molecule has 0 unspecified atom stereocenters. The molecule has 1 heterocycles. The number of alkyl halides is 2.